The number of nitrogens with zero attached hydrogens (tertiary/aromatic N) is 6. The predicted octanol–water partition coefficient (Wildman–Crippen LogP) is 9.70. The number of methoxy groups -OCH3 is 1. The van der Waals surface area contributed by atoms with Gasteiger partial charge in [-0.25, -0.2) is 28.3 Å². The van der Waals surface area contributed by atoms with Crippen LogP contribution in [0.5, 0.6) is 0 Å². The number of benzene rings is 6. The number of rotatable bonds is 8. The molecular weight excluding hydrogens is 1180 g/mol. The van der Waals surface area contributed by atoms with Crippen LogP contribution in [0, 0.1) is 23.5 Å². The summed E-state index contributed by atoms with van der Waals surface area (Å²) in [5, 5.41) is 16.9. The Morgan fingerprint density at radius 2 is 1.06 bits per heavy atom. The van der Waals surface area contributed by atoms with E-state index in [1.54, 1.807) is 78.9 Å². The Bertz CT molecular complexity index is 4160. The number of aromatic nitrogens is 4. The van der Waals surface area contributed by atoms with Crippen LogP contribution in [-0.2, 0) is 38.5 Å². The molecular formula is C63H53Cl4F2N8NaO7. The van der Waals surface area contributed by atoms with E-state index in [2.05, 4.69) is 29.6 Å². The first-order valence-corrected chi connectivity index (χ1v) is 29.6. The molecule has 0 bridgehead atoms. The third-order valence-electron chi connectivity index (χ3n) is 19.2. The van der Waals surface area contributed by atoms with Crippen molar-refractivity contribution in [1.29, 1.82) is 0 Å². The number of hydrogen-bond acceptors (Lipinski definition) is 10. The molecule has 8 aromatic rings. The number of halogens is 6. The number of ether oxygens (including phenoxy) is 1. The second kappa shape index (κ2) is 21.4. The maximum atomic E-state index is 16.2. The fourth-order valence-electron chi connectivity index (χ4n) is 15.6. The zero-order chi connectivity index (χ0) is 57.1. The maximum Gasteiger partial charge on any atom is 1.00 e. The molecule has 2 saturated heterocycles. The molecule has 2 spiro atoms. The standard InChI is InChI=1S/C32H27Cl2FN4O3.C31H25Cl2FN4O3.Na.H2O/c1-42-30(40)17-7-10-24-23(13-17)36-29-26-25(11-12-38(24)29)39(15-16-5-6-16)32(27(26)19-3-2-4-21(34)28(19)35)20-9-8-18(33)14-22(20)37-31(32)41;32-17-7-8-19-21(13-17)36-30(41)31(19)26(18-2-1-3-20(33)27(18)34)25-24(38(31)14-15-4-5-15)10-11-37-23-9-6-16(29(39)40)12-22(23)35-28(25)37;;/h2-4,7-10,13-14,16,25-27H,5-6,11-12,15H2,1H3,(H,37,41);1-3,6-9,12-13,15,24-26H,4-5,10-11,14H2,(H,36,41)(H,39,40);;1H2/q;;+1;/p-1/t25-,26+,27-,32+;24-,25+,26-,31+;;/m00../s1. The van der Waals surface area contributed by atoms with E-state index in [1.165, 1.54) is 19.2 Å². The van der Waals surface area contributed by atoms with Gasteiger partial charge in [0, 0.05) is 94.5 Å². The number of carbonyl (C=O) groups is 4. The predicted molar refractivity (Wildman–Crippen MR) is 313 cm³/mol. The number of imidazole rings is 2. The van der Waals surface area contributed by atoms with E-state index in [4.69, 9.17) is 61.1 Å². The van der Waals surface area contributed by atoms with Gasteiger partial charge in [-0.05, 0) is 134 Å². The molecule has 6 aromatic carbocycles. The van der Waals surface area contributed by atoms with Crippen molar-refractivity contribution in [2.24, 2.45) is 11.8 Å². The number of hydrogen-bond donors (Lipinski definition) is 3. The van der Waals surface area contributed by atoms with E-state index in [1.807, 2.05) is 18.2 Å². The minimum absolute atomic E-state index is 0. The van der Waals surface area contributed by atoms with Gasteiger partial charge in [0.1, 0.15) is 34.4 Å². The summed E-state index contributed by atoms with van der Waals surface area (Å²) in [6, 6.07) is 31.1. The molecule has 8 atom stereocenters. The quantitative estimate of drug-likeness (QED) is 0.0969. The molecule has 16 rings (SSSR count). The van der Waals surface area contributed by atoms with Gasteiger partial charge in [-0.15, -0.1) is 0 Å². The Balaban J connectivity index is 0.000000155. The van der Waals surface area contributed by atoms with Crippen molar-refractivity contribution in [3.63, 3.8) is 0 Å². The maximum absolute atomic E-state index is 16.2. The molecule has 2 aliphatic carbocycles. The summed E-state index contributed by atoms with van der Waals surface area (Å²) in [5.74, 6) is -2.44. The van der Waals surface area contributed by atoms with E-state index < -0.39 is 46.5 Å². The summed E-state index contributed by atoms with van der Waals surface area (Å²) in [6.07, 6.45) is 5.87. The number of carboxylic acids is 1. The van der Waals surface area contributed by atoms with E-state index in [0.717, 1.165) is 78.9 Å². The van der Waals surface area contributed by atoms with Gasteiger partial charge in [-0.1, -0.05) is 82.8 Å². The van der Waals surface area contributed by atoms with Crippen molar-refractivity contribution in [3.05, 3.63) is 186 Å². The molecule has 15 nitrogen and oxygen atoms in total. The van der Waals surface area contributed by atoms with E-state index >= 15 is 8.78 Å². The largest absolute Gasteiger partial charge is 1.00 e. The summed E-state index contributed by atoms with van der Waals surface area (Å²) in [4.78, 5) is 67.8. The van der Waals surface area contributed by atoms with Crippen LogP contribution in [0.4, 0.5) is 20.2 Å². The fourth-order valence-corrected chi connectivity index (χ4v) is 16.3. The molecule has 2 aromatic heterocycles. The molecule has 22 heteroatoms. The molecule has 0 unspecified atom stereocenters. The zero-order valence-corrected chi connectivity index (χ0v) is 51.0. The van der Waals surface area contributed by atoms with Crippen molar-refractivity contribution >= 4 is 104 Å². The Hall–Kier alpha value is -5.96. The first kappa shape index (κ1) is 58.1. The number of likely N-dealkylation sites (tertiary alicyclic amines) is 2. The number of esters is 1. The second-order valence-corrected chi connectivity index (χ2v) is 25.2. The van der Waals surface area contributed by atoms with Gasteiger partial charge >= 0.3 is 41.5 Å². The van der Waals surface area contributed by atoms with Crippen molar-refractivity contribution in [2.45, 2.75) is 98.4 Å². The van der Waals surface area contributed by atoms with Crippen LogP contribution in [0.3, 0.4) is 0 Å². The minimum Gasteiger partial charge on any atom is -0.870 e. The average Bonchev–Trinajstić information content (AvgIpc) is 1.53. The number of nitrogens with one attached hydrogen (secondary N) is 2. The van der Waals surface area contributed by atoms with Gasteiger partial charge < -0.3 is 35.1 Å². The van der Waals surface area contributed by atoms with Gasteiger partial charge in [-0.2, -0.15) is 0 Å². The van der Waals surface area contributed by atoms with Crippen LogP contribution >= 0.6 is 46.4 Å². The monoisotopic (exact) mass is 1230 g/mol. The number of aryl methyl sites for hydroxylation is 2. The summed E-state index contributed by atoms with van der Waals surface area (Å²) in [5.41, 5.74) is 4.75. The Morgan fingerprint density at radius 3 is 1.48 bits per heavy atom. The molecule has 6 aliphatic heterocycles. The van der Waals surface area contributed by atoms with E-state index in [0.29, 0.717) is 80.6 Å². The number of amides is 2. The zero-order valence-electron chi connectivity index (χ0n) is 46.0. The molecule has 85 heavy (non-hydrogen) atoms. The summed E-state index contributed by atoms with van der Waals surface area (Å²) in [7, 11) is 1.35. The van der Waals surface area contributed by atoms with E-state index in [9.17, 15) is 24.3 Å². The molecule has 4 fully saturated rings. The third kappa shape index (κ3) is 8.68. The van der Waals surface area contributed by atoms with Crippen LogP contribution in [0.2, 0.25) is 20.1 Å². The number of carbonyl (C=O) groups excluding carboxylic acids is 3. The first-order valence-electron chi connectivity index (χ1n) is 28.1. The molecule has 2 saturated carbocycles. The first-order chi connectivity index (χ1) is 40.1. The molecule has 8 aliphatic rings. The Labute approximate surface area is 528 Å². The number of anilines is 2. The van der Waals surface area contributed by atoms with Crippen LogP contribution in [0.1, 0.15) is 117 Å². The minimum atomic E-state index is -1.21. The molecule has 0 radical (unpaired) electrons. The van der Waals surface area contributed by atoms with Crippen molar-refractivity contribution in [3.8, 4) is 0 Å². The summed E-state index contributed by atoms with van der Waals surface area (Å²) in [6.45, 7) is 2.76. The topological polar surface area (TPSA) is 194 Å². The third-order valence-corrected chi connectivity index (χ3v) is 20.2. The van der Waals surface area contributed by atoms with Crippen LogP contribution in [-0.4, -0.2) is 95.5 Å². The Morgan fingerprint density at radius 1 is 0.624 bits per heavy atom. The van der Waals surface area contributed by atoms with Crippen LogP contribution in [0.25, 0.3) is 22.1 Å². The van der Waals surface area contributed by atoms with Crippen molar-refractivity contribution in [2.75, 3.05) is 30.8 Å². The molecule has 2 amide bonds. The molecule has 4 N–H and O–H groups in total. The molecule has 8 heterocycles. The van der Waals surface area contributed by atoms with Gasteiger partial charge in [0.2, 0.25) is 11.8 Å². The van der Waals surface area contributed by atoms with Crippen LogP contribution < -0.4 is 40.2 Å². The van der Waals surface area contributed by atoms with E-state index in [-0.39, 0.29) is 86.4 Å². The van der Waals surface area contributed by atoms with Gasteiger partial charge in [0.05, 0.1) is 50.3 Å². The summed E-state index contributed by atoms with van der Waals surface area (Å²) >= 11 is 25.5. The smallest absolute Gasteiger partial charge is 0.870 e. The van der Waals surface area contributed by atoms with Crippen molar-refractivity contribution < 1.29 is 72.8 Å². The number of aromatic carboxylic acids is 1. The van der Waals surface area contributed by atoms with Crippen molar-refractivity contribution in [1.82, 2.24) is 28.9 Å². The normalized spacial score (nSPS) is 25.9. The molecule has 430 valence electrons. The van der Waals surface area contributed by atoms with Gasteiger partial charge in [0.15, 0.2) is 0 Å². The second-order valence-electron chi connectivity index (χ2n) is 23.5. The fraction of sp³-hybridized carbons (Fsp3) is 0.333. The van der Waals surface area contributed by atoms with Gasteiger partial charge in [0.25, 0.3) is 0 Å². The number of fused-ring (bicyclic) bond motifs is 14. The Kier molecular flexibility index (Phi) is 14.6. The SMILES string of the molecule is COC(=O)c1ccc2c(c1)nc1n2CC[C@H]2[C@@H]1[C@H](c1cccc(Cl)c1F)[C@]1(C(=O)Nc3cc(Cl)ccc31)N2CC1CC1.O=C(O)c1ccc2c(c1)nc1n2CC[C@H]2[C@@H]1[C@H](c1cccc(Cl)c1F)[C@]1(C(=O)Nc3cc(Cl)ccc31)N2CC1CC1.[Na+].[OH-]. The van der Waals surface area contributed by atoms with Crippen LogP contribution in [0.15, 0.2) is 109 Å². The van der Waals surface area contributed by atoms with Gasteiger partial charge in [-0.3, -0.25) is 19.4 Å². The summed E-state index contributed by atoms with van der Waals surface area (Å²) < 4.78 is 41.6. The number of carboxylic acid groups (broad SMARTS) is 1. The average molecular weight is 1240 g/mol.